The van der Waals surface area contributed by atoms with Crippen molar-refractivity contribution in [2.24, 2.45) is 0 Å². The van der Waals surface area contributed by atoms with Gasteiger partial charge >= 0.3 is 0 Å². The van der Waals surface area contributed by atoms with Gasteiger partial charge in [-0.3, -0.25) is 0 Å². The van der Waals surface area contributed by atoms with Crippen LogP contribution in [0.1, 0.15) is 0 Å². The fraction of sp³-hybridized carbons (Fsp3) is 0.235. The lowest BCUT2D eigenvalue weighted by molar-refractivity contribution is 0.122. The second kappa shape index (κ2) is 7.39. The molecule has 120 valence electrons. The van der Waals surface area contributed by atoms with Gasteiger partial charge in [0.1, 0.15) is 5.82 Å². The minimum atomic E-state index is -0.264. The van der Waals surface area contributed by atoms with Gasteiger partial charge in [-0.1, -0.05) is 18.2 Å². The molecule has 1 aliphatic heterocycles. The van der Waals surface area contributed by atoms with Gasteiger partial charge in [-0.2, -0.15) is 0 Å². The van der Waals surface area contributed by atoms with Crippen LogP contribution in [0, 0.1) is 5.82 Å². The predicted molar refractivity (Wildman–Crippen MR) is 95.7 cm³/mol. The Morgan fingerprint density at radius 3 is 2.39 bits per heavy atom. The van der Waals surface area contributed by atoms with Crippen LogP contribution in [0.15, 0.2) is 48.5 Å². The monoisotopic (exact) mass is 331 g/mol. The molecule has 2 aromatic carbocycles. The summed E-state index contributed by atoms with van der Waals surface area (Å²) in [6, 6.07) is 14.7. The number of nitrogens with one attached hydrogen (secondary N) is 2. The van der Waals surface area contributed by atoms with Crippen LogP contribution in [-0.4, -0.2) is 31.4 Å². The van der Waals surface area contributed by atoms with Crippen LogP contribution in [0.2, 0.25) is 0 Å². The molecule has 1 heterocycles. The highest BCUT2D eigenvalue weighted by molar-refractivity contribution is 7.80. The number of para-hydroxylation sites is 1. The number of hydrogen-bond acceptors (Lipinski definition) is 3. The van der Waals surface area contributed by atoms with Crippen LogP contribution in [0.25, 0.3) is 0 Å². The van der Waals surface area contributed by atoms with Crippen LogP contribution in [-0.2, 0) is 4.74 Å². The summed E-state index contributed by atoms with van der Waals surface area (Å²) in [5.41, 5.74) is 2.10. The highest BCUT2D eigenvalue weighted by Gasteiger charge is 2.15. The molecule has 1 fully saturated rings. The largest absolute Gasteiger partial charge is 0.378 e. The van der Waals surface area contributed by atoms with E-state index < -0.39 is 0 Å². The molecule has 4 nitrogen and oxygen atoms in total. The third-order valence-electron chi connectivity index (χ3n) is 3.59. The van der Waals surface area contributed by atoms with E-state index in [4.69, 9.17) is 17.0 Å². The summed E-state index contributed by atoms with van der Waals surface area (Å²) in [6.07, 6.45) is 0. The highest BCUT2D eigenvalue weighted by atomic mass is 32.1. The van der Waals surface area contributed by atoms with Crippen LogP contribution in [0.5, 0.6) is 0 Å². The Balaban J connectivity index is 1.64. The summed E-state index contributed by atoms with van der Waals surface area (Å²) in [5.74, 6) is -0.264. The first-order valence-electron chi connectivity index (χ1n) is 7.48. The molecule has 2 N–H and O–H groups in total. The summed E-state index contributed by atoms with van der Waals surface area (Å²) in [6.45, 7) is 2.67. The number of halogens is 1. The maximum atomic E-state index is 14.3. The van der Waals surface area contributed by atoms with Gasteiger partial charge in [0.05, 0.1) is 18.9 Å². The molecule has 6 heteroatoms. The van der Waals surface area contributed by atoms with E-state index in [-0.39, 0.29) is 5.82 Å². The van der Waals surface area contributed by atoms with Crippen molar-refractivity contribution in [1.29, 1.82) is 0 Å². The van der Waals surface area contributed by atoms with E-state index in [9.17, 15) is 4.39 Å². The molecule has 0 bridgehead atoms. The van der Waals surface area contributed by atoms with Crippen molar-refractivity contribution in [1.82, 2.24) is 0 Å². The Hall–Kier alpha value is -2.18. The SMILES string of the molecule is Fc1cc(NC(=S)Nc2ccccc2)ccc1N1CCOCC1. The van der Waals surface area contributed by atoms with Crippen LogP contribution >= 0.6 is 12.2 Å². The minimum Gasteiger partial charge on any atom is -0.378 e. The third kappa shape index (κ3) is 4.18. The number of morpholine rings is 1. The maximum Gasteiger partial charge on any atom is 0.175 e. The van der Waals surface area contributed by atoms with E-state index in [1.807, 2.05) is 41.3 Å². The molecule has 0 atom stereocenters. The van der Waals surface area contributed by atoms with Crippen molar-refractivity contribution in [3.63, 3.8) is 0 Å². The lowest BCUT2D eigenvalue weighted by Gasteiger charge is -2.29. The van der Waals surface area contributed by atoms with Crippen molar-refractivity contribution < 1.29 is 9.13 Å². The van der Waals surface area contributed by atoms with Gasteiger partial charge in [-0.25, -0.2) is 4.39 Å². The molecule has 0 unspecified atom stereocenters. The van der Waals surface area contributed by atoms with Crippen molar-refractivity contribution in [2.75, 3.05) is 41.8 Å². The highest BCUT2D eigenvalue weighted by Crippen LogP contribution is 2.23. The number of ether oxygens (including phenoxy) is 1. The minimum absolute atomic E-state index is 0.264. The second-order valence-electron chi connectivity index (χ2n) is 5.21. The Bertz CT molecular complexity index is 675. The van der Waals surface area contributed by atoms with Gasteiger partial charge < -0.3 is 20.3 Å². The first-order valence-corrected chi connectivity index (χ1v) is 7.88. The molecular formula is C17H18FN3OS. The van der Waals surface area contributed by atoms with E-state index in [1.54, 1.807) is 6.07 Å². The molecule has 1 aliphatic rings. The van der Waals surface area contributed by atoms with E-state index in [0.717, 1.165) is 5.69 Å². The molecule has 3 rings (SSSR count). The quantitative estimate of drug-likeness (QED) is 0.842. The average molecular weight is 331 g/mol. The topological polar surface area (TPSA) is 36.5 Å². The molecule has 0 aliphatic carbocycles. The van der Waals surface area contributed by atoms with E-state index >= 15 is 0 Å². The van der Waals surface area contributed by atoms with Gasteiger partial charge in [0, 0.05) is 24.5 Å². The molecule has 1 saturated heterocycles. The standard InChI is InChI=1S/C17H18FN3OS/c18-15-12-14(6-7-16(15)21-8-10-22-11-9-21)20-17(23)19-13-4-2-1-3-5-13/h1-7,12H,8-11H2,(H2,19,20,23). The van der Waals surface area contributed by atoms with Crippen LogP contribution in [0.3, 0.4) is 0 Å². The Morgan fingerprint density at radius 2 is 1.70 bits per heavy atom. The van der Waals surface area contributed by atoms with Gasteiger partial charge in [0.2, 0.25) is 0 Å². The number of hydrogen-bond donors (Lipinski definition) is 2. The summed E-state index contributed by atoms with van der Waals surface area (Å²) >= 11 is 5.25. The molecular weight excluding hydrogens is 313 g/mol. The third-order valence-corrected chi connectivity index (χ3v) is 3.79. The summed E-state index contributed by atoms with van der Waals surface area (Å²) in [7, 11) is 0. The summed E-state index contributed by atoms with van der Waals surface area (Å²) in [5, 5.41) is 6.48. The van der Waals surface area contributed by atoms with E-state index in [1.165, 1.54) is 6.07 Å². The normalized spacial score (nSPS) is 14.4. The zero-order valence-electron chi connectivity index (χ0n) is 12.6. The first-order chi connectivity index (χ1) is 11.2. The Morgan fingerprint density at radius 1 is 1.00 bits per heavy atom. The zero-order valence-corrected chi connectivity index (χ0v) is 13.4. The molecule has 0 amide bonds. The van der Waals surface area contributed by atoms with Crippen LogP contribution in [0.4, 0.5) is 21.5 Å². The van der Waals surface area contributed by atoms with Crippen molar-refractivity contribution in [2.45, 2.75) is 0 Å². The lowest BCUT2D eigenvalue weighted by atomic mass is 10.2. The van der Waals surface area contributed by atoms with Gasteiger partial charge in [-0.15, -0.1) is 0 Å². The second-order valence-corrected chi connectivity index (χ2v) is 5.62. The summed E-state index contributed by atoms with van der Waals surface area (Å²) in [4.78, 5) is 1.99. The Kier molecular flexibility index (Phi) is 5.05. The summed E-state index contributed by atoms with van der Waals surface area (Å²) < 4.78 is 19.6. The lowest BCUT2D eigenvalue weighted by Crippen LogP contribution is -2.36. The van der Waals surface area contributed by atoms with Crippen molar-refractivity contribution in [3.8, 4) is 0 Å². The number of anilines is 3. The molecule has 2 aromatic rings. The molecule has 0 aromatic heterocycles. The molecule has 0 radical (unpaired) electrons. The number of nitrogens with zero attached hydrogens (tertiary/aromatic N) is 1. The number of benzene rings is 2. The van der Waals surface area contributed by atoms with E-state index in [2.05, 4.69) is 10.6 Å². The maximum absolute atomic E-state index is 14.3. The number of rotatable bonds is 3. The first kappa shape index (κ1) is 15.7. The van der Waals surface area contributed by atoms with Gasteiger partial charge in [0.15, 0.2) is 5.11 Å². The Labute approximate surface area is 140 Å². The molecule has 0 saturated carbocycles. The molecule has 23 heavy (non-hydrogen) atoms. The smallest absolute Gasteiger partial charge is 0.175 e. The van der Waals surface area contributed by atoms with Gasteiger partial charge in [0.25, 0.3) is 0 Å². The van der Waals surface area contributed by atoms with Gasteiger partial charge in [-0.05, 0) is 42.5 Å². The van der Waals surface area contributed by atoms with E-state index in [0.29, 0.717) is 42.8 Å². The fourth-order valence-corrected chi connectivity index (χ4v) is 2.70. The predicted octanol–water partition coefficient (Wildman–Crippen LogP) is 3.47. The van der Waals surface area contributed by atoms with Crippen LogP contribution < -0.4 is 15.5 Å². The molecule has 0 spiro atoms. The van der Waals surface area contributed by atoms with Crippen molar-refractivity contribution >= 4 is 34.4 Å². The average Bonchev–Trinajstić information content (AvgIpc) is 2.56. The fourth-order valence-electron chi connectivity index (χ4n) is 2.46. The zero-order chi connectivity index (χ0) is 16.1. The number of thiocarbonyl (C=S) groups is 1. The van der Waals surface area contributed by atoms with Crippen molar-refractivity contribution in [3.05, 3.63) is 54.3 Å².